The van der Waals surface area contributed by atoms with E-state index in [0.29, 0.717) is 12.8 Å². The summed E-state index contributed by atoms with van der Waals surface area (Å²) in [5.74, 6) is 0.530. The zero-order chi connectivity index (χ0) is 13.3. The van der Waals surface area contributed by atoms with Crippen molar-refractivity contribution in [3.8, 4) is 0 Å². The maximum absolute atomic E-state index is 11.4. The molecule has 0 unspecified atom stereocenters. The highest BCUT2D eigenvalue weighted by Gasteiger charge is 2.23. The fourth-order valence-corrected chi connectivity index (χ4v) is 3.87. The molecule has 2 heterocycles. The van der Waals surface area contributed by atoms with Crippen LogP contribution in [-0.4, -0.2) is 36.2 Å². The number of nitrogens with one attached hydrogen (secondary N) is 1. The fraction of sp³-hybridized carbons (Fsp3) is 0.385. The van der Waals surface area contributed by atoms with E-state index in [1.807, 2.05) is 24.3 Å². The SMILES string of the molecule is O=S1(=O)CCC(Nc2cnnc3ccccc23)CC1. The highest BCUT2D eigenvalue weighted by Crippen LogP contribution is 2.23. The van der Waals surface area contributed by atoms with Crippen LogP contribution in [0.3, 0.4) is 0 Å². The molecule has 0 saturated carbocycles. The van der Waals surface area contributed by atoms with Crippen LogP contribution in [0.25, 0.3) is 10.9 Å². The Kier molecular flexibility index (Phi) is 3.10. The average molecular weight is 277 g/mol. The quantitative estimate of drug-likeness (QED) is 0.903. The second-order valence-corrected chi connectivity index (χ2v) is 7.15. The monoisotopic (exact) mass is 277 g/mol. The summed E-state index contributed by atoms with van der Waals surface area (Å²) in [6.07, 6.45) is 3.00. The third-order valence-corrected chi connectivity index (χ3v) is 5.18. The predicted molar refractivity (Wildman–Crippen MR) is 74.8 cm³/mol. The minimum atomic E-state index is -2.82. The van der Waals surface area contributed by atoms with E-state index >= 15 is 0 Å². The van der Waals surface area contributed by atoms with E-state index in [2.05, 4.69) is 15.5 Å². The molecular formula is C13H15N3O2S. The van der Waals surface area contributed by atoms with Crippen LogP contribution in [0.15, 0.2) is 30.5 Å². The summed E-state index contributed by atoms with van der Waals surface area (Å²) in [5.41, 5.74) is 1.77. The lowest BCUT2D eigenvalue weighted by Crippen LogP contribution is -2.32. The van der Waals surface area contributed by atoms with E-state index in [9.17, 15) is 8.42 Å². The Morgan fingerprint density at radius 3 is 2.68 bits per heavy atom. The number of aromatic nitrogens is 2. The van der Waals surface area contributed by atoms with Gasteiger partial charge in [-0.1, -0.05) is 18.2 Å². The van der Waals surface area contributed by atoms with Crippen molar-refractivity contribution in [3.63, 3.8) is 0 Å². The number of nitrogens with zero attached hydrogens (tertiary/aromatic N) is 2. The summed E-state index contributed by atoms with van der Waals surface area (Å²) in [4.78, 5) is 0. The predicted octanol–water partition coefficient (Wildman–Crippen LogP) is 1.62. The molecule has 100 valence electrons. The molecule has 0 bridgehead atoms. The minimum Gasteiger partial charge on any atom is -0.380 e. The first-order valence-corrected chi connectivity index (χ1v) is 8.14. The van der Waals surface area contributed by atoms with Crippen molar-refractivity contribution in [2.24, 2.45) is 0 Å². The van der Waals surface area contributed by atoms with Gasteiger partial charge in [0, 0.05) is 11.4 Å². The average Bonchev–Trinajstić information content (AvgIpc) is 2.42. The zero-order valence-electron chi connectivity index (χ0n) is 10.4. The van der Waals surface area contributed by atoms with Crippen LogP contribution in [-0.2, 0) is 9.84 Å². The zero-order valence-corrected chi connectivity index (χ0v) is 11.2. The van der Waals surface area contributed by atoms with Crippen LogP contribution >= 0.6 is 0 Å². The number of sulfone groups is 1. The van der Waals surface area contributed by atoms with Gasteiger partial charge in [0.15, 0.2) is 0 Å². The largest absolute Gasteiger partial charge is 0.380 e. The lowest BCUT2D eigenvalue weighted by atomic mass is 10.1. The summed E-state index contributed by atoms with van der Waals surface area (Å²) < 4.78 is 22.8. The third-order valence-electron chi connectivity index (χ3n) is 3.46. The summed E-state index contributed by atoms with van der Waals surface area (Å²) in [5, 5.41) is 12.5. The van der Waals surface area contributed by atoms with Crippen molar-refractivity contribution in [1.82, 2.24) is 10.2 Å². The summed E-state index contributed by atoms with van der Waals surface area (Å²) in [6, 6.07) is 7.98. The van der Waals surface area contributed by atoms with E-state index in [1.54, 1.807) is 6.20 Å². The van der Waals surface area contributed by atoms with Gasteiger partial charge in [-0.05, 0) is 18.9 Å². The second kappa shape index (κ2) is 4.77. The molecule has 0 atom stereocenters. The Bertz CT molecular complexity index is 681. The Morgan fingerprint density at radius 2 is 1.89 bits per heavy atom. The topological polar surface area (TPSA) is 72.0 Å². The molecule has 1 saturated heterocycles. The van der Waals surface area contributed by atoms with Crippen LogP contribution in [0.1, 0.15) is 12.8 Å². The molecule has 5 nitrogen and oxygen atoms in total. The lowest BCUT2D eigenvalue weighted by Gasteiger charge is -2.24. The number of hydrogen-bond acceptors (Lipinski definition) is 5. The Labute approximate surface area is 112 Å². The van der Waals surface area contributed by atoms with Crippen LogP contribution in [0, 0.1) is 0 Å². The highest BCUT2D eigenvalue weighted by atomic mass is 32.2. The molecule has 19 heavy (non-hydrogen) atoms. The minimum absolute atomic E-state index is 0.191. The maximum Gasteiger partial charge on any atom is 0.150 e. The summed E-state index contributed by atoms with van der Waals surface area (Å²) in [6.45, 7) is 0. The molecule has 6 heteroatoms. The first-order valence-electron chi connectivity index (χ1n) is 6.31. The van der Waals surface area contributed by atoms with Crippen molar-refractivity contribution >= 4 is 26.4 Å². The number of fused-ring (bicyclic) bond motifs is 1. The number of hydrogen-bond donors (Lipinski definition) is 1. The van der Waals surface area contributed by atoms with Gasteiger partial charge in [0.2, 0.25) is 0 Å². The molecule has 0 spiro atoms. The number of anilines is 1. The first kappa shape index (κ1) is 12.3. The molecule has 2 aromatic rings. The number of rotatable bonds is 2. The molecule has 3 rings (SSSR count). The summed E-state index contributed by atoms with van der Waals surface area (Å²) in [7, 11) is -2.82. The van der Waals surface area contributed by atoms with Crippen LogP contribution < -0.4 is 5.32 Å². The van der Waals surface area contributed by atoms with Crippen LogP contribution in [0.2, 0.25) is 0 Å². The van der Waals surface area contributed by atoms with Crippen molar-refractivity contribution in [3.05, 3.63) is 30.5 Å². The number of benzene rings is 1. The molecule has 0 amide bonds. The van der Waals surface area contributed by atoms with Crippen molar-refractivity contribution < 1.29 is 8.42 Å². The molecule has 1 aliphatic heterocycles. The Hall–Kier alpha value is -1.69. The lowest BCUT2D eigenvalue weighted by molar-refractivity contribution is 0.559. The molecule has 1 aromatic carbocycles. The van der Waals surface area contributed by atoms with Gasteiger partial charge in [-0.15, -0.1) is 0 Å². The van der Waals surface area contributed by atoms with Gasteiger partial charge in [0.1, 0.15) is 9.84 Å². The highest BCUT2D eigenvalue weighted by molar-refractivity contribution is 7.91. The van der Waals surface area contributed by atoms with Crippen molar-refractivity contribution in [2.45, 2.75) is 18.9 Å². The van der Waals surface area contributed by atoms with Gasteiger partial charge in [-0.25, -0.2) is 8.42 Å². The molecule has 1 N–H and O–H groups in total. The molecule has 1 aromatic heterocycles. The second-order valence-electron chi connectivity index (χ2n) is 4.85. The van der Waals surface area contributed by atoms with E-state index in [4.69, 9.17) is 0 Å². The van der Waals surface area contributed by atoms with E-state index in [1.165, 1.54) is 0 Å². The van der Waals surface area contributed by atoms with Gasteiger partial charge < -0.3 is 5.32 Å². The van der Waals surface area contributed by atoms with E-state index < -0.39 is 9.84 Å². The molecule has 0 aliphatic carbocycles. The van der Waals surface area contributed by atoms with Gasteiger partial charge >= 0.3 is 0 Å². The van der Waals surface area contributed by atoms with E-state index in [0.717, 1.165) is 16.6 Å². The van der Waals surface area contributed by atoms with Gasteiger partial charge in [-0.3, -0.25) is 0 Å². The van der Waals surface area contributed by atoms with Gasteiger partial charge in [0.25, 0.3) is 0 Å². The molecule has 1 aliphatic rings. The molecule has 1 fully saturated rings. The molecular weight excluding hydrogens is 262 g/mol. The Morgan fingerprint density at radius 1 is 1.16 bits per heavy atom. The van der Waals surface area contributed by atoms with Gasteiger partial charge in [0.05, 0.1) is 28.9 Å². The summed E-state index contributed by atoms with van der Waals surface area (Å²) >= 11 is 0. The fourth-order valence-electron chi connectivity index (χ4n) is 2.38. The molecule has 0 radical (unpaired) electrons. The van der Waals surface area contributed by atoms with E-state index in [-0.39, 0.29) is 17.5 Å². The first-order chi connectivity index (χ1) is 9.14. The maximum atomic E-state index is 11.4. The smallest absolute Gasteiger partial charge is 0.150 e. The van der Waals surface area contributed by atoms with Crippen molar-refractivity contribution in [2.75, 3.05) is 16.8 Å². The van der Waals surface area contributed by atoms with Crippen LogP contribution in [0.4, 0.5) is 5.69 Å². The normalized spacial score (nSPS) is 19.4. The Balaban J connectivity index is 1.83. The standard InChI is InChI=1S/C13H15N3O2S/c17-19(18)7-5-10(6-8-19)15-13-9-14-16-12-4-2-1-3-11(12)13/h1-4,9-10H,5-8H2,(H,15,16). The third kappa shape index (κ3) is 2.68. The van der Waals surface area contributed by atoms with Crippen molar-refractivity contribution in [1.29, 1.82) is 0 Å². The van der Waals surface area contributed by atoms with Gasteiger partial charge in [-0.2, -0.15) is 10.2 Å². The van der Waals surface area contributed by atoms with Crippen LogP contribution in [0.5, 0.6) is 0 Å².